The molecule has 4 atom stereocenters. The monoisotopic (exact) mass is 348 g/mol. The first-order chi connectivity index (χ1) is 10.5. The maximum atomic E-state index is 10.0. The van der Waals surface area contributed by atoms with Crippen LogP contribution in [0.25, 0.3) is 0 Å². The molecule has 2 rings (SSSR count). The number of aliphatic hydroxyl groups excluding tert-OH is 3. The highest BCUT2D eigenvalue weighted by molar-refractivity contribution is 7.99. The van der Waals surface area contributed by atoms with Crippen molar-refractivity contribution >= 4 is 34.9 Å². The van der Waals surface area contributed by atoms with Crippen LogP contribution in [0, 0.1) is 5.92 Å². The Balaban J connectivity index is 2.16. The number of nitrogens with two attached hydrogens (primary N) is 1. The molecular formula is C13H21ClN4O3S. The van der Waals surface area contributed by atoms with Crippen LogP contribution in [0.3, 0.4) is 0 Å². The highest BCUT2D eigenvalue weighted by Crippen LogP contribution is 2.32. The Bertz CT molecular complexity index is 522. The number of halogens is 1. The van der Waals surface area contributed by atoms with Crippen LogP contribution < -0.4 is 11.1 Å². The Kier molecular flexibility index (Phi) is 6.10. The fraction of sp³-hybridized carbons (Fsp3) is 0.692. The maximum Gasteiger partial charge on any atom is 0.191 e. The van der Waals surface area contributed by atoms with E-state index in [2.05, 4.69) is 22.2 Å². The summed E-state index contributed by atoms with van der Waals surface area (Å²) in [6.45, 7) is 1.87. The van der Waals surface area contributed by atoms with Gasteiger partial charge in [-0.05, 0) is 12.8 Å². The lowest BCUT2D eigenvalue weighted by Crippen LogP contribution is -2.35. The molecule has 0 bridgehead atoms. The van der Waals surface area contributed by atoms with Gasteiger partial charge in [0.25, 0.3) is 0 Å². The molecule has 9 heteroatoms. The first-order valence-electron chi connectivity index (χ1n) is 7.17. The van der Waals surface area contributed by atoms with Crippen molar-refractivity contribution in [1.82, 2.24) is 9.97 Å². The zero-order chi connectivity index (χ0) is 16.3. The number of aromatic nitrogens is 2. The summed E-state index contributed by atoms with van der Waals surface area (Å²) in [4.78, 5) is 8.43. The van der Waals surface area contributed by atoms with Gasteiger partial charge in [-0.1, -0.05) is 30.3 Å². The number of anilines is 2. The average Bonchev–Trinajstić information content (AvgIpc) is 2.77. The molecule has 1 aromatic rings. The van der Waals surface area contributed by atoms with Gasteiger partial charge in [0.2, 0.25) is 0 Å². The topological polar surface area (TPSA) is 125 Å². The van der Waals surface area contributed by atoms with E-state index in [9.17, 15) is 15.3 Å². The Morgan fingerprint density at radius 2 is 2.09 bits per heavy atom. The first-order valence-corrected chi connectivity index (χ1v) is 8.53. The minimum Gasteiger partial charge on any atom is -0.396 e. The zero-order valence-electron chi connectivity index (χ0n) is 12.2. The lowest BCUT2D eigenvalue weighted by atomic mass is 10.1. The van der Waals surface area contributed by atoms with Gasteiger partial charge in [-0.15, -0.1) is 0 Å². The van der Waals surface area contributed by atoms with E-state index in [-0.39, 0.29) is 23.4 Å². The minimum atomic E-state index is -1.00. The molecule has 1 aliphatic carbocycles. The van der Waals surface area contributed by atoms with Crippen LogP contribution in [-0.2, 0) is 0 Å². The van der Waals surface area contributed by atoms with Crippen molar-refractivity contribution in [3.05, 3.63) is 5.15 Å². The summed E-state index contributed by atoms with van der Waals surface area (Å²) in [6.07, 6.45) is -0.589. The smallest absolute Gasteiger partial charge is 0.191 e. The van der Waals surface area contributed by atoms with E-state index in [1.807, 2.05) is 0 Å². The second-order valence-electron chi connectivity index (χ2n) is 5.32. The van der Waals surface area contributed by atoms with E-state index < -0.39 is 18.2 Å². The van der Waals surface area contributed by atoms with Crippen LogP contribution in [0.5, 0.6) is 0 Å². The molecular weight excluding hydrogens is 328 g/mol. The Hall–Kier alpha value is -0.800. The third kappa shape index (κ3) is 3.75. The lowest BCUT2D eigenvalue weighted by Gasteiger charge is -2.20. The van der Waals surface area contributed by atoms with E-state index in [1.54, 1.807) is 0 Å². The molecule has 22 heavy (non-hydrogen) atoms. The quantitative estimate of drug-likeness (QED) is 0.289. The molecule has 0 aliphatic heterocycles. The highest BCUT2D eigenvalue weighted by Gasteiger charge is 2.41. The number of rotatable bonds is 6. The van der Waals surface area contributed by atoms with Crippen molar-refractivity contribution in [2.75, 3.05) is 23.4 Å². The fourth-order valence-corrected chi connectivity index (χ4v) is 3.33. The van der Waals surface area contributed by atoms with Crippen molar-refractivity contribution in [2.45, 2.75) is 43.2 Å². The normalized spacial score (nSPS) is 28.0. The Labute approximate surface area is 138 Å². The average molecular weight is 349 g/mol. The van der Waals surface area contributed by atoms with E-state index in [1.165, 1.54) is 11.8 Å². The molecule has 0 aromatic carbocycles. The van der Waals surface area contributed by atoms with Gasteiger partial charge in [0.1, 0.15) is 11.8 Å². The van der Waals surface area contributed by atoms with Gasteiger partial charge in [-0.3, -0.25) is 0 Å². The second-order valence-corrected chi connectivity index (χ2v) is 6.74. The molecule has 1 heterocycles. The molecule has 6 N–H and O–H groups in total. The van der Waals surface area contributed by atoms with Gasteiger partial charge in [-0.25, -0.2) is 9.97 Å². The molecule has 1 fully saturated rings. The van der Waals surface area contributed by atoms with Gasteiger partial charge >= 0.3 is 0 Å². The van der Waals surface area contributed by atoms with Crippen LogP contribution in [-0.4, -0.2) is 55.9 Å². The number of nitrogens with one attached hydrogen (secondary N) is 1. The van der Waals surface area contributed by atoms with Crippen LogP contribution in [0.2, 0.25) is 5.15 Å². The van der Waals surface area contributed by atoms with Crippen LogP contribution in [0.15, 0.2) is 5.16 Å². The second kappa shape index (κ2) is 7.65. The molecule has 4 unspecified atom stereocenters. The third-order valence-corrected chi connectivity index (χ3v) is 5.01. The molecule has 124 valence electrons. The predicted octanol–water partition coefficient (Wildman–Crippen LogP) is 0.729. The van der Waals surface area contributed by atoms with Gasteiger partial charge < -0.3 is 26.4 Å². The molecule has 1 aromatic heterocycles. The van der Waals surface area contributed by atoms with E-state index in [0.717, 1.165) is 12.2 Å². The van der Waals surface area contributed by atoms with Crippen molar-refractivity contribution in [2.24, 2.45) is 5.92 Å². The highest BCUT2D eigenvalue weighted by atomic mass is 35.5. The number of nitrogen functional groups attached to an aromatic ring is 1. The van der Waals surface area contributed by atoms with E-state index >= 15 is 0 Å². The van der Waals surface area contributed by atoms with Crippen molar-refractivity contribution in [3.63, 3.8) is 0 Å². The summed E-state index contributed by atoms with van der Waals surface area (Å²) in [7, 11) is 0. The largest absolute Gasteiger partial charge is 0.396 e. The number of aliphatic hydroxyl groups is 3. The van der Waals surface area contributed by atoms with Gasteiger partial charge in [-0.2, -0.15) is 0 Å². The van der Waals surface area contributed by atoms with Crippen LogP contribution in [0.4, 0.5) is 11.5 Å². The number of nitrogens with zero attached hydrogens (tertiary/aromatic N) is 2. The summed E-state index contributed by atoms with van der Waals surface area (Å²) in [5.41, 5.74) is 6.09. The van der Waals surface area contributed by atoms with Gasteiger partial charge in [0.15, 0.2) is 16.1 Å². The molecule has 0 spiro atoms. The maximum absolute atomic E-state index is 10.0. The minimum absolute atomic E-state index is 0.155. The van der Waals surface area contributed by atoms with E-state index in [0.29, 0.717) is 17.4 Å². The predicted molar refractivity (Wildman–Crippen MR) is 87.1 cm³/mol. The summed E-state index contributed by atoms with van der Waals surface area (Å²) in [5, 5.41) is 32.8. The van der Waals surface area contributed by atoms with E-state index in [4.69, 9.17) is 17.3 Å². The lowest BCUT2D eigenvalue weighted by molar-refractivity contribution is 0.00445. The number of hydrogen-bond donors (Lipinski definition) is 5. The van der Waals surface area contributed by atoms with Gasteiger partial charge in [0.05, 0.1) is 12.1 Å². The van der Waals surface area contributed by atoms with Crippen LogP contribution in [0.1, 0.15) is 19.8 Å². The number of thioether (sulfide) groups is 1. The SMILES string of the molecule is CCCSc1nc(Cl)c(N)c(NC2CC(CO)C(O)C2O)n1. The van der Waals surface area contributed by atoms with Crippen molar-refractivity contribution < 1.29 is 15.3 Å². The zero-order valence-corrected chi connectivity index (χ0v) is 13.8. The summed E-state index contributed by atoms with van der Waals surface area (Å²) in [5.74, 6) is 0.824. The Morgan fingerprint density at radius 3 is 2.68 bits per heavy atom. The van der Waals surface area contributed by atoms with Crippen molar-refractivity contribution in [1.29, 1.82) is 0 Å². The Morgan fingerprint density at radius 1 is 1.36 bits per heavy atom. The summed E-state index contributed by atoms with van der Waals surface area (Å²) < 4.78 is 0. The fourth-order valence-electron chi connectivity index (χ4n) is 2.42. The number of hydrogen-bond acceptors (Lipinski definition) is 8. The van der Waals surface area contributed by atoms with Crippen LogP contribution >= 0.6 is 23.4 Å². The molecule has 1 aliphatic rings. The standard InChI is InChI=1S/C13H21ClN4O3S/c1-2-3-22-13-17-11(14)8(15)12(18-13)16-7-4-6(5-19)9(20)10(7)21/h6-7,9-10,19-21H,2-5,15H2,1H3,(H,16,17,18). The summed E-state index contributed by atoms with van der Waals surface area (Å²) in [6, 6.07) is -0.454. The summed E-state index contributed by atoms with van der Waals surface area (Å²) >= 11 is 7.49. The van der Waals surface area contributed by atoms with Gasteiger partial charge in [0, 0.05) is 18.3 Å². The third-order valence-electron chi connectivity index (χ3n) is 3.67. The molecule has 0 amide bonds. The molecule has 0 saturated heterocycles. The molecule has 0 radical (unpaired) electrons. The van der Waals surface area contributed by atoms with Crippen molar-refractivity contribution in [3.8, 4) is 0 Å². The first kappa shape index (κ1) is 17.6. The molecule has 7 nitrogen and oxygen atoms in total. The molecule has 1 saturated carbocycles.